The van der Waals surface area contributed by atoms with Crippen LogP contribution in [-0.4, -0.2) is 38.8 Å². The molecule has 2 aliphatic rings. The number of carbonyl (C=O) groups is 1. The van der Waals surface area contributed by atoms with E-state index < -0.39 is 0 Å². The summed E-state index contributed by atoms with van der Waals surface area (Å²) in [5.41, 5.74) is 2.32. The van der Waals surface area contributed by atoms with Gasteiger partial charge in [0.05, 0.1) is 23.8 Å². The highest BCUT2D eigenvalue weighted by Gasteiger charge is 2.31. The molecule has 1 amide bonds. The number of hydrogen-bond donors (Lipinski definition) is 0. The van der Waals surface area contributed by atoms with Crippen molar-refractivity contribution in [1.29, 1.82) is 0 Å². The molecule has 3 aromatic rings. The van der Waals surface area contributed by atoms with Crippen molar-refractivity contribution < 1.29 is 9.32 Å². The maximum Gasteiger partial charge on any atom is 0.274 e. The highest BCUT2D eigenvalue weighted by atomic mass is 16.5. The van der Waals surface area contributed by atoms with Crippen molar-refractivity contribution in [2.24, 2.45) is 5.92 Å². The molecule has 5 rings (SSSR count). The Morgan fingerprint density at radius 2 is 2.00 bits per heavy atom. The number of aromatic nitrogens is 3. The molecule has 0 N–H and O–H groups in total. The lowest BCUT2D eigenvalue weighted by Gasteiger charge is -2.31. The molecule has 1 atom stereocenters. The number of rotatable bonds is 4. The quantitative estimate of drug-likeness (QED) is 0.647. The Balaban J connectivity index is 1.19. The first-order valence-corrected chi connectivity index (χ1v) is 11.3. The Hall–Kier alpha value is -2.96. The van der Waals surface area contributed by atoms with Gasteiger partial charge in [-0.25, -0.2) is 4.68 Å². The van der Waals surface area contributed by atoms with Gasteiger partial charge >= 0.3 is 0 Å². The molecule has 0 radical (unpaired) electrons. The number of hydrogen-bond acceptors (Lipinski definition) is 5. The molecule has 2 aromatic heterocycles. The van der Waals surface area contributed by atoms with Crippen molar-refractivity contribution in [3.63, 3.8) is 0 Å². The molecule has 0 spiro atoms. The lowest BCUT2D eigenvalue weighted by molar-refractivity contribution is -0.132. The van der Waals surface area contributed by atoms with E-state index in [4.69, 9.17) is 4.52 Å². The molecule has 31 heavy (non-hydrogen) atoms. The van der Waals surface area contributed by atoms with Crippen molar-refractivity contribution in [3.05, 3.63) is 57.8 Å². The van der Waals surface area contributed by atoms with Gasteiger partial charge in [0.1, 0.15) is 5.76 Å². The van der Waals surface area contributed by atoms with E-state index in [1.54, 1.807) is 12.3 Å². The van der Waals surface area contributed by atoms with Crippen LogP contribution in [-0.2, 0) is 24.2 Å². The van der Waals surface area contributed by atoms with Gasteiger partial charge in [0.15, 0.2) is 0 Å². The van der Waals surface area contributed by atoms with Crippen molar-refractivity contribution in [2.45, 2.75) is 57.9 Å². The molecule has 1 saturated heterocycles. The summed E-state index contributed by atoms with van der Waals surface area (Å²) in [6.45, 7) is 4.02. The van der Waals surface area contributed by atoms with Crippen LogP contribution in [0, 0.1) is 5.92 Å². The monoisotopic (exact) mass is 420 g/mol. The number of nitrogens with zero attached hydrogens (tertiary/aromatic N) is 4. The zero-order valence-corrected chi connectivity index (χ0v) is 17.9. The van der Waals surface area contributed by atoms with Gasteiger partial charge in [0, 0.05) is 36.4 Å². The normalized spacial score (nSPS) is 19.5. The zero-order valence-electron chi connectivity index (χ0n) is 17.9. The third-order valence-corrected chi connectivity index (χ3v) is 6.84. The maximum absolute atomic E-state index is 12.8. The average molecular weight is 421 g/mol. The molecule has 3 heterocycles. The summed E-state index contributed by atoms with van der Waals surface area (Å²) >= 11 is 0. The van der Waals surface area contributed by atoms with E-state index in [0.717, 1.165) is 42.5 Å². The molecular formula is C24H28N4O3. The van der Waals surface area contributed by atoms with Crippen LogP contribution in [0.15, 0.2) is 39.8 Å². The molecule has 1 fully saturated rings. The van der Waals surface area contributed by atoms with E-state index in [9.17, 15) is 9.59 Å². The number of likely N-dealkylation sites (tertiary alicyclic amines) is 1. The number of carbonyl (C=O) groups excluding carboxylic acids is 1. The van der Waals surface area contributed by atoms with Crippen molar-refractivity contribution in [2.75, 3.05) is 13.1 Å². The van der Waals surface area contributed by atoms with Crippen LogP contribution in [0.4, 0.5) is 0 Å². The largest absolute Gasteiger partial charge is 0.361 e. The fourth-order valence-electron chi connectivity index (χ4n) is 4.96. The molecule has 1 aliphatic heterocycles. The Morgan fingerprint density at radius 3 is 2.84 bits per heavy atom. The molecular weight excluding hydrogens is 392 g/mol. The standard InChI is InChI=1S/C24H28N4O3/c1-16-6-7-21-20(14-16)23(31-26-21)17-8-11-27(12-9-17)22(29)10-13-28-24(30)19-5-3-2-4-18(19)15-25-28/h2-5,15-17H,6-14H2,1H3. The van der Waals surface area contributed by atoms with Crippen LogP contribution in [0.1, 0.15) is 55.5 Å². The minimum atomic E-state index is -0.145. The van der Waals surface area contributed by atoms with Gasteiger partial charge in [-0.15, -0.1) is 0 Å². The lowest BCUT2D eigenvalue weighted by Crippen LogP contribution is -2.39. The Labute approximate surface area is 181 Å². The van der Waals surface area contributed by atoms with Crippen molar-refractivity contribution in [3.8, 4) is 0 Å². The Morgan fingerprint density at radius 1 is 1.19 bits per heavy atom. The van der Waals surface area contributed by atoms with Gasteiger partial charge in [-0.1, -0.05) is 30.3 Å². The summed E-state index contributed by atoms with van der Waals surface area (Å²) in [6, 6.07) is 7.40. The maximum atomic E-state index is 12.8. The van der Waals surface area contributed by atoms with Gasteiger partial charge < -0.3 is 9.42 Å². The van der Waals surface area contributed by atoms with E-state index >= 15 is 0 Å². The summed E-state index contributed by atoms with van der Waals surface area (Å²) in [4.78, 5) is 27.3. The average Bonchev–Trinajstić information content (AvgIpc) is 3.22. The molecule has 1 unspecified atom stereocenters. The predicted molar refractivity (Wildman–Crippen MR) is 117 cm³/mol. The Kier molecular flexibility index (Phi) is 5.34. The molecule has 7 heteroatoms. The van der Waals surface area contributed by atoms with Gasteiger partial charge in [0.25, 0.3) is 5.56 Å². The first-order chi connectivity index (χ1) is 15.1. The molecule has 162 valence electrons. The third kappa shape index (κ3) is 3.89. The van der Waals surface area contributed by atoms with Gasteiger partial charge in [0.2, 0.25) is 5.91 Å². The van der Waals surface area contributed by atoms with Crippen molar-refractivity contribution in [1.82, 2.24) is 19.8 Å². The van der Waals surface area contributed by atoms with E-state index in [-0.39, 0.29) is 17.9 Å². The SMILES string of the molecule is CC1CCc2noc(C3CCN(C(=O)CCn4ncc5ccccc5c4=O)CC3)c2C1. The molecule has 0 saturated carbocycles. The first-order valence-electron chi connectivity index (χ1n) is 11.3. The van der Waals surface area contributed by atoms with Crippen LogP contribution in [0.3, 0.4) is 0 Å². The number of benzene rings is 1. The second kappa shape index (κ2) is 8.29. The third-order valence-electron chi connectivity index (χ3n) is 6.84. The van der Waals surface area contributed by atoms with Gasteiger partial charge in [-0.2, -0.15) is 5.10 Å². The fraction of sp³-hybridized carbons (Fsp3) is 0.500. The summed E-state index contributed by atoms with van der Waals surface area (Å²) in [7, 11) is 0. The number of piperidine rings is 1. The van der Waals surface area contributed by atoms with Crippen LogP contribution in [0.25, 0.3) is 10.8 Å². The van der Waals surface area contributed by atoms with E-state index in [1.807, 2.05) is 23.1 Å². The Bertz CT molecular complexity index is 1160. The molecule has 7 nitrogen and oxygen atoms in total. The second-order valence-electron chi connectivity index (χ2n) is 8.99. The topological polar surface area (TPSA) is 81.2 Å². The summed E-state index contributed by atoms with van der Waals surface area (Å²) < 4.78 is 7.15. The van der Waals surface area contributed by atoms with Crippen LogP contribution in [0.5, 0.6) is 0 Å². The van der Waals surface area contributed by atoms with Crippen LogP contribution in [0.2, 0.25) is 0 Å². The summed E-state index contributed by atoms with van der Waals surface area (Å²) in [5, 5.41) is 10.0. The first kappa shape index (κ1) is 20.0. The van der Waals surface area contributed by atoms with E-state index in [2.05, 4.69) is 17.2 Å². The summed E-state index contributed by atoms with van der Waals surface area (Å²) in [6.07, 6.45) is 7.02. The highest BCUT2D eigenvalue weighted by molar-refractivity contribution is 5.80. The minimum absolute atomic E-state index is 0.0773. The molecule has 1 aliphatic carbocycles. The smallest absolute Gasteiger partial charge is 0.274 e. The van der Waals surface area contributed by atoms with E-state index in [1.165, 1.54) is 16.7 Å². The van der Waals surface area contributed by atoms with Gasteiger partial charge in [-0.05, 0) is 44.1 Å². The zero-order chi connectivity index (χ0) is 21.4. The lowest BCUT2D eigenvalue weighted by atomic mass is 9.83. The van der Waals surface area contributed by atoms with Crippen LogP contribution >= 0.6 is 0 Å². The fourth-order valence-corrected chi connectivity index (χ4v) is 4.96. The number of aryl methyl sites for hydroxylation is 2. The highest BCUT2D eigenvalue weighted by Crippen LogP contribution is 2.36. The van der Waals surface area contributed by atoms with Crippen LogP contribution < -0.4 is 5.56 Å². The minimum Gasteiger partial charge on any atom is -0.361 e. The number of amides is 1. The molecule has 0 bridgehead atoms. The number of fused-ring (bicyclic) bond motifs is 2. The van der Waals surface area contributed by atoms with Gasteiger partial charge in [-0.3, -0.25) is 9.59 Å². The second-order valence-corrected chi connectivity index (χ2v) is 8.99. The van der Waals surface area contributed by atoms with E-state index in [0.29, 0.717) is 36.9 Å². The predicted octanol–water partition coefficient (Wildman–Crippen LogP) is 3.31. The summed E-state index contributed by atoms with van der Waals surface area (Å²) in [5.74, 6) is 2.16. The van der Waals surface area contributed by atoms with Crippen molar-refractivity contribution >= 4 is 16.7 Å². The molecule has 1 aromatic carbocycles.